The van der Waals surface area contributed by atoms with Crippen molar-refractivity contribution in [2.24, 2.45) is 0 Å². The van der Waals surface area contributed by atoms with Gasteiger partial charge in [-0.15, -0.1) is 0 Å². The fraction of sp³-hybridized carbons (Fsp3) is 0.391. The highest BCUT2D eigenvalue weighted by atomic mass is 16.5. The van der Waals surface area contributed by atoms with Crippen molar-refractivity contribution in [2.45, 2.75) is 52.7 Å². The van der Waals surface area contributed by atoms with Gasteiger partial charge in [0, 0.05) is 5.69 Å². The third-order valence-electron chi connectivity index (χ3n) is 4.20. The second-order valence-corrected chi connectivity index (χ2v) is 7.14. The molecule has 1 N–H and O–H groups in total. The quantitative estimate of drug-likeness (QED) is 0.639. The molecule has 0 amide bonds. The Morgan fingerprint density at radius 2 is 1.79 bits per heavy atom. The molecule has 2 aromatic carbocycles. The molecule has 1 atom stereocenters. The Labute approximate surface area is 167 Å². The zero-order valence-electron chi connectivity index (χ0n) is 17.2. The highest BCUT2D eigenvalue weighted by Crippen LogP contribution is 2.32. The number of nitrogens with one attached hydrogen (secondary N) is 1. The van der Waals surface area contributed by atoms with Crippen LogP contribution >= 0.6 is 0 Å². The highest BCUT2D eigenvalue weighted by molar-refractivity contribution is 5.81. The number of nitriles is 1. The van der Waals surface area contributed by atoms with Crippen molar-refractivity contribution in [1.82, 2.24) is 0 Å². The van der Waals surface area contributed by atoms with Crippen molar-refractivity contribution in [1.29, 1.82) is 5.26 Å². The lowest BCUT2D eigenvalue weighted by atomic mass is 9.96. The van der Waals surface area contributed by atoms with E-state index in [0.717, 1.165) is 22.6 Å². The van der Waals surface area contributed by atoms with Crippen molar-refractivity contribution in [3.05, 3.63) is 59.2 Å². The molecule has 5 nitrogen and oxygen atoms in total. The summed E-state index contributed by atoms with van der Waals surface area (Å²) in [6.07, 6.45) is 0.0703. The van der Waals surface area contributed by atoms with Crippen LogP contribution in [0.4, 0.5) is 5.69 Å². The first kappa shape index (κ1) is 21.3. The predicted molar refractivity (Wildman–Crippen MR) is 110 cm³/mol. The molecule has 148 valence electrons. The Morgan fingerprint density at radius 1 is 1.11 bits per heavy atom. The van der Waals surface area contributed by atoms with Crippen molar-refractivity contribution in [3.8, 4) is 11.8 Å². The molecule has 0 saturated carbocycles. The monoisotopic (exact) mass is 380 g/mol. The summed E-state index contributed by atoms with van der Waals surface area (Å²) in [6.45, 7) is 10.3. The maximum Gasteiger partial charge on any atom is 0.333 e. The Bertz CT molecular complexity index is 836. The topological polar surface area (TPSA) is 71.3 Å². The van der Waals surface area contributed by atoms with Crippen LogP contribution in [-0.4, -0.2) is 18.7 Å². The van der Waals surface area contributed by atoms with Crippen molar-refractivity contribution in [2.75, 3.05) is 11.9 Å². The summed E-state index contributed by atoms with van der Waals surface area (Å²) < 4.78 is 11.2. The molecule has 0 aliphatic heterocycles. The summed E-state index contributed by atoms with van der Waals surface area (Å²) >= 11 is 0. The molecule has 0 aliphatic carbocycles. The normalized spacial score (nSPS) is 11.8. The van der Waals surface area contributed by atoms with Gasteiger partial charge in [-0.25, -0.2) is 4.79 Å². The van der Waals surface area contributed by atoms with Crippen LogP contribution in [0.5, 0.6) is 5.75 Å². The van der Waals surface area contributed by atoms with Gasteiger partial charge in [0.25, 0.3) is 0 Å². The summed E-state index contributed by atoms with van der Waals surface area (Å²) in [4.78, 5) is 12.6. The number of benzene rings is 2. The molecule has 0 spiro atoms. The molecular formula is C23H28N2O3. The first-order valence-electron chi connectivity index (χ1n) is 9.59. The maximum atomic E-state index is 12.6. The lowest BCUT2D eigenvalue weighted by Crippen LogP contribution is -2.23. The van der Waals surface area contributed by atoms with Crippen LogP contribution in [0.25, 0.3) is 0 Å². The molecule has 2 aromatic rings. The number of hydrogen-bond acceptors (Lipinski definition) is 5. The molecule has 2 rings (SSSR count). The molecule has 0 radical (unpaired) electrons. The van der Waals surface area contributed by atoms with Crippen LogP contribution in [0.2, 0.25) is 0 Å². The minimum Gasteiger partial charge on any atom is -0.491 e. The summed E-state index contributed by atoms with van der Waals surface area (Å²) in [5.74, 6) is 0.722. The average Bonchev–Trinajstić information content (AvgIpc) is 2.66. The van der Waals surface area contributed by atoms with Crippen LogP contribution in [-0.2, 0) is 9.53 Å². The fourth-order valence-electron chi connectivity index (χ4n) is 2.87. The summed E-state index contributed by atoms with van der Waals surface area (Å²) in [7, 11) is 0. The standard InChI is InChI=1S/C23H28N2O3/c1-6-27-23(26)22(25-19-10-7-17(14-24)8-11-19)18-9-12-21(28-16(4)5)20(13-18)15(2)3/h7-13,15-16,22,25H,6H2,1-5H3. The molecule has 0 aliphatic rings. The van der Waals surface area contributed by atoms with E-state index in [-0.39, 0.29) is 18.0 Å². The van der Waals surface area contributed by atoms with Gasteiger partial charge in [-0.1, -0.05) is 19.9 Å². The van der Waals surface area contributed by atoms with Gasteiger partial charge in [0.2, 0.25) is 0 Å². The zero-order chi connectivity index (χ0) is 20.7. The van der Waals surface area contributed by atoms with Gasteiger partial charge in [-0.2, -0.15) is 5.26 Å². The Balaban J connectivity index is 2.40. The Hall–Kier alpha value is -3.00. The van der Waals surface area contributed by atoms with E-state index in [1.54, 1.807) is 31.2 Å². The first-order chi connectivity index (χ1) is 13.3. The second-order valence-electron chi connectivity index (χ2n) is 7.14. The minimum atomic E-state index is -0.654. The van der Waals surface area contributed by atoms with E-state index in [4.69, 9.17) is 14.7 Å². The fourth-order valence-corrected chi connectivity index (χ4v) is 2.87. The Morgan fingerprint density at radius 3 is 2.32 bits per heavy atom. The van der Waals surface area contributed by atoms with Crippen molar-refractivity contribution in [3.63, 3.8) is 0 Å². The van der Waals surface area contributed by atoms with E-state index in [9.17, 15) is 4.79 Å². The summed E-state index contributed by atoms with van der Waals surface area (Å²) in [6, 6.07) is 14.2. The highest BCUT2D eigenvalue weighted by Gasteiger charge is 2.24. The third kappa shape index (κ3) is 5.50. The summed E-state index contributed by atoms with van der Waals surface area (Å²) in [5.41, 5.74) is 3.16. The van der Waals surface area contributed by atoms with Crippen molar-refractivity contribution >= 4 is 11.7 Å². The molecule has 0 aromatic heterocycles. The average molecular weight is 380 g/mol. The smallest absolute Gasteiger partial charge is 0.333 e. The molecule has 1 unspecified atom stereocenters. The van der Waals surface area contributed by atoms with E-state index in [2.05, 4.69) is 25.2 Å². The van der Waals surface area contributed by atoms with E-state index in [1.807, 2.05) is 32.0 Å². The van der Waals surface area contributed by atoms with E-state index in [0.29, 0.717) is 12.2 Å². The van der Waals surface area contributed by atoms with Gasteiger partial charge >= 0.3 is 5.97 Å². The van der Waals surface area contributed by atoms with Gasteiger partial charge in [-0.05, 0) is 74.2 Å². The Kier molecular flexibility index (Phi) is 7.45. The van der Waals surface area contributed by atoms with Crippen LogP contribution < -0.4 is 10.1 Å². The molecule has 0 heterocycles. The SMILES string of the molecule is CCOC(=O)C(Nc1ccc(C#N)cc1)c1ccc(OC(C)C)c(C(C)C)c1. The molecule has 5 heteroatoms. The molecular weight excluding hydrogens is 352 g/mol. The number of hydrogen-bond donors (Lipinski definition) is 1. The molecule has 0 bridgehead atoms. The third-order valence-corrected chi connectivity index (χ3v) is 4.20. The van der Waals surface area contributed by atoms with Gasteiger partial charge in [0.15, 0.2) is 6.04 Å². The lowest BCUT2D eigenvalue weighted by Gasteiger charge is -2.22. The number of rotatable bonds is 8. The molecule has 0 saturated heterocycles. The van der Waals surface area contributed by atoms with E-state index >= 15 is 0 Å². The lowest BCUT2D eigenvalue weighted by molar-refractivity contribution is -0.144. The van der Waals surface area contributed by atoms with Crippen molar-refractivity contribution < 1.29 is 14.3 Å². The number of anilines is 1. The van der Waals surface area contributed by atoms with Crippen LogP contribution in [0.15, 0.2) is 42.5 Å². The summed E-state index contributed by atoms with van der Waals surface area (Å²) in [5, 5.41) is 12.2. The van der Waals surface area contributed by atoms with Gasteiger partial charge in [0.1, 0.15) is 5.75 Å². The van der Waals surface area contributed by atoms with Gasteiger partial charge in [0.05, 0.1) is 24.3 Å². The van der Waals surface area contributed by atoms with Gasteiger partial charge < -0.3 is 14.8 Å². The number of ether oxygens (including phenoxy) is 2. The minimum absolute atomic E-state index is 0.0703. The van der Waals surface area contributed by atoms with Crippen LogP contribution in [0.1, 0.15) is 63.3 Å². The zero-order valence-corrected chi connectivity index (χ0v) is 17.2. The molecule has 28 heavy (non-hydrogen) atoms. The molecule has 0 fully saturated rings. The largest absolute Gasteiger partial charge is 0.491 e. The second kappa shape index (κ2) is 9.80. The van der Waals surface area contributed by atoms with Crippen LogP contribution in [0, 0.1) is 11.3 Å². The maximum absolute atomic E-state index is 12.6. The van der Waals surface area contributed by atoms with E-state index in [1.165, 1.54) is 0 Å². The number of carbonyl (C=O) groups is 1. The van der Waals surface area contributed by atoms with E-state index < -0.39 is 6.04 Å². The van der Waals surface area contributed by atoms with Crippen LogP contribution in [0.3, 0.4) is 0 Å². The number of carbonyl (C=O) groups excluding carboxylic acids is 1. The predicted octanol–water partition coefficient (Wildman–Crippen LogP) is 5.19. The number of nitrogens with zero attached hydrogens (tertiary/aromatic N) is 1. The first-order valence-corrected chi connectivity index (χ1v) is 9.59. The van der Waals surface area contributed by atoms with Gasteiger partial charge in [-0.3, -0.25) is 0 Å². The number of esters is 1.